The van der Waals surface area contributed by atoms with Crippen LogP contribution in [-0.4, -0.2) is 48.7 Å². The maximum absolute atomic E-state index is 13.0. The zero-order chi connectivity index (χ0) is 19.3. The highest BCUT2D eigenvalue weighted by atomic mass is 16.5. The fourth-order valence-electron chi connectivity index (χ4n) is 3.77. The largest absolute Gasteiger partial charge is 0.495 e. The van der Waals surface area contributed by atoms with Gasteiger partial charge in [-0.2, -0.15) is 0 Å². The van der Waals surface area contributed by atoms with Gasteiger partial charge in [-0.3, -0.25) is 4.79 Å². The summed E-state index contributed by atoms with van der Waals surface area (Å²) in [5, 5.41) is 0. The number of para-hydroxylation sites is 2. The Kier molecular flexibility index (Phi) is 5.37. The van der Waals surface area contributed by atoms with Gasteiger partial charge in [-0.1, -0.05) is 12.1 Å². The predicted octanol–water partition coefficient (Wildman–Crippen LogP) is 3.42. The zero-order valence-corrected chi connectivity index (χ0v) is 16.0. The molecule has 3 heterocycles. The van der Waals surface area contributed by atoms with E-state index in [4.69, 9.17) is 9.15 Å². The molecule has 1 saturated heterocycles. The smallest absolute Gasteiger partial charge is 0.225 e. The number of methoxy groups -OCH3 is 1. The minimum Gasteiger partial charge on any atom is -0.495 e. The summed E-state index contributed by atoms with van der Waals surface area (Å²) in [5.74, 6) is 1.82. The summed E-state index contributed by atoms with van der Waals surface area (Å²) >= 11 is 0. The summed E-state index contributed by atoms with van der Waals surface area (Å²) < 4.78 is 13.1. The molecule has 0 saturated carbocycles. The van der Waals surface area contributed by atoms with Crippen LogP contribution in [-0.2, 0) is 4.79 Å². The van der Waals surface area contributed by atoms with E-state index in [2.05, 4.69) is 11.0 Å². The third-order valence-electron chi connectivity index (χ3n) is 5.29. The van der Waals surface area contributed by atoms with Gasteiger partial charge >= 0.3 is 0 Å². The van der Waals surface area contributed by atoms with Crippen LogP contribution in [0.15, 0.2) is 71.6 Å². The summed E-state index contributed by atoms with van der Waals surface area (Å²) in [6.07, 6.45) is 5.99. The quantitative estimate of drug-likeness (QED) is 0.659. The number of nitrogens with zero attached hydrogens (tertiary/aromatic N) is 3. The highest BCUT2D eigenvalue weighted by Gasteiger charge is 2.27. The van der Waals surface area contributed by atoms with E-state index in [1.165, 1.54) is 0 Å². The van der Waals surface area contributed by atoms with Crippen LogP contribution in [0, 0.1) is 0 Å². The molecule has 1 aliphatic heterocycles. The Hall–Kier alpha value is -3.15. The maximum Gasteiger partial charge on any atom is 0.225 e. The van der Waals surface area contributed by atoms with Crippen molar-refractivity contribution in [3.05, 3.63) is 72.9 Å². The average molecular weight is 379 g/mol. The van der Waals surface area contributed by atoms with E-state index in [-0.39, 0.29) is 11.9 Å². The number of amides is 1. The van der Waals surface area contributed by atoms with Crippen LogP contribution in [0.1, 0.15) is 18.2 Å². The molecule has 146 valence electrons. The number of ether oxygens (including phenoxy) is 1. The summed E-state index contributed by atoms with van der Waals surface area (Å²) in [7, 11) is 1.69. The fourth-order valence-corrected chi connectivity index (χ4v) is 3.77. The lowest BCUT2D eigenvalue weighted by atomic mass is 10.1. The third kappa shape index (κ3) is 3.76. The highest BCUT2D eigenvalue weighted by Crippen LogP contribution is 2.29. The second-order valence-electron chi connectivity index (χ2n) is 6.91. The number of rotatable bonds is 6. The first kappa shape index (κ1) is 18.2. The van der Waals surface area contributed by atoms with E-state index in [9.17, 15) is 4.79 Å². The Morgan fingerprint density at radius 2 is 1.79 bits per heavy atom. The molecule has 6 nitrogen and oxygen atoms in total. The Labute approximate surface area is 164 Å². The van der Waals surface area contributed by atoms with Gasteiger partial charge in [-0.05, 0) is 36.4 Å². The number of hydrogen-bond donors (Lipinski definition) is 0. The van der Waals surface area contributed by atoms with Gasteiger partial charge < -0.3 is 23.5 Å². The molecule has 4 rings (SSSR count). The number of carbonyl (C=O) groups excluding carboxylic acids is 1. The number of hydrogen-bond acceptors (Lipinski definition) is 4. The summed E-state index contributed by atoms with van der Waals surface area (Å²) in [5.41, 5.74) is 1.08. The molecule has 0 aliphatic carbocycles. The van der Waals surface area contributed by atoms with Crippen LogP contribution in [0.4, 0.5) is 5.69 Å². The Bertz CT molecular complexity index is 847. The van der Waals surface area contributed by atoms with E-state index in [1.807, 2.05) is 64.3 Å². The van der Waals surface area contributed by atoms with Crippen molar-refractivity contribution in [2.75, 3.05) is 38.2 Å². The molecule has 3 aromatic rings. The van der Waals surface area contributed by atoms with Crippen molar-refractivity contribution < 1.29 is 13.9 Å². The van der Waals surface area contributed by atoms with Gasteiger partial charge in [-0.25, -0.2) is 0 Å². The lowest BCUT2D eigenvalue weighted by Gasteiger charge is -2.37. The van der Waals surface area contributed by atoms with Crippen molar-refractivity contribution in [3.63, 3.8) is 0 Å². The third-order valence-corrected chi connectivity index (χ3v) is 5.29. The molecule has 6 heteroatoms. The van der Waals surface area contributed by atoms with Gasteiger partial charge in [0.05, 0.1) is 31.5 Å². The molecule has 0 bridgehead atoms. The molecule has 1 amide bonds. The highest BCUT2D eigenvalue weighted by molar-refractivity contribution is 5.77. The SMILES string of the molecule is COc1ccccc1N1CCN(C(=O)C[C@@H](c2ccco2)n2cccc2)CC1. The second-order valence-corrected chi connectivity index (χ2v) is 6.91. The van der Waals surface area contributed by atoms with Gasteiger partial charge in [0.2, 0.25) is 5.91 Å². The molecular weight excluding hydrogens is 354 g/mol. The fraction of sp³-hybridized carbons (Fsp3) is 0.318. The minimum atomic E-state index is -0.121. The molecule has 1 aliphatic rings. The average Bonchev–Trinajstić information content (AvgIpc) is 3.46. The van der Waals surface area contributed by atoms with E-state index in [0.717, 1.165) is 30.3 Å². The zero-order valence-electron chi connectivity index (χ0n) is 16.0. The number of anilines is 1. The maximum atomic E-state index is 13.0. The van der Waals surface area contributed by atoms with Crippen molar-refractivity contribution in [2.45, 2.75) is 12.5 Å². The molecular formula is C22H25N3O3. The number of aromatic nitrogens is 1. The standard InChI is InChI=1S/C22H25N3O3/c1-27-20-8-3-2-7-18(20)24-12-14-25(15-13-24)22(26)17-19(21-9-6-16-28-21)23-10-4-5-11-23/h2-11,16,19H,12-15,17H2,1H3/t19-/m0/s1. The van der Waals surface area contributed by atoms with Crippen molar-refractivity contribution in [1.82, 2.24) is 9.47 Å². The van der Waals surface area contributed by atoms with Crippen LogP contribution < -0.4 is 9.64 Å². The number of benzene rings is 1. The monoisotopic (exact) mass is 379 g/mol. The van der Waals surface area contributed by atoms with E-state index < -0.39 is 0 Å². The van der Waals surface area contributed by atoms with Crippen LogP contribution in [0.3, 0.4) is 0 Å². The van der Waals surface area contributed by atoms with Gasteiger partial charge in [0.25, 0.3) is 0 Å². The van der Waals surface area contributed by atoms with Crippen molar-refractivity contribution in [3.8, 4) is 5.75 Å². The molecule has 28 heavy (non-hydrogen) atoms. The summed E-state index contributed by atoms with van der Waals surface area (Å²) in [6, 6.07) is 15.6. The number of furan rings is 1. The van der Waals surface area contributed by atoms with Crippen molar-refractivity contribution >= 4 is 11.6 Å². The second kappa shape index (κ2) is 8.25. The molecule has 2 aromatic heterocycles. The topological polar surface area (TPSA) is 50.9 Å². The van der Waals surface area contributed by atoms with Gasteiger partial charge in [0, 0.05) is 38.6 Å². The first-order valence-electron chi connectivity index (χ1n) is 9.58. The van der Waals surface area contributed by atoms with Crippen molar-refractivity contribution in [1.29, 1.82) is 0 Å². The Balaban J connectivity index is 1.41. The lowest BCUT2D eigenvalue weighted by Crippen LogP contribution is -2.49. The van der Waals surface area contributed by atoms with Gasteiger partial charge in [0.15, 0.2) is 0 Å². The first-order valence-corrected chi connectivity index (χ1v) is 9.58. The summed E-state index contributed by atoms with van der Waals surface area (Å²) in [6.45, 7) is 2.99. The molecule has 0 N–H and O–H groups in total. The predicted molar refractivity (Wildman–Crippen MR) is 108 cm³/mol. The van der Waals surface area contributed by atoms with Crippen LogP contribution >= 0.6 is 0 Å². The lowest BCUT2D eigenvalue weighted by molar-refractivity contribution is -0.132. The van der Waals surface area contributed by atoms with Gasteiger partial charge in [-0.15, -0.1) is 0 Å². The van der Waals surface area contributed by atoms with Crippen molar-refractivity contribution in [2.24, 2.45) is 0 Å². The summed E-state index contributed by atoms with van der Waals surface area (Å²) in [4.78, 5) is 17.2. The number of carbonyl (C=O) groups is 1. The minimum absolute atomic E-state index is 0.121. The molecule has 1 aromatic carbocycles. The van der Waals surface area contributed by atoms with E-state index in [0.29, 0.717) is 19.5 Å². The van der Waals surface area contributed by atoms with Crippen LogP contribution in [0.2, 0.25) is 0 Å². The first-order chi connectivity index (χ1) is 13.8. The van der Waals surface area contributed by atoms with Crippen LogP contribution in [0.5, 0.6) is 5.75 Å². The Morgan fingerprint density at radius 3 is 2.46 bits per heavy atom. The van der Waals surface area contributed by atoms with Crippen LogP contribution in [0.25, 0.3) is 0 Å². The molecule has 0 unspecified atom stereocenters. The van der Waals surface area contributed by atoms with Gasteiger partial charge in [0.1, 0.15) is 11.5 Å². The normalized spacial score (nSPS) is 15.5. The van der Waals surface area contributed by atoms with E-state index in [1.54, 1.807) is 13.4 Å². The Morgan fingerprint density at radius 1 is 1.04 bits per heavy atom. The molecule has 0 radical (unpaired) electrons. The molecule has 1 fully saturated rings. The van der Waals surface area contributed by atoms with E-state index >= 15 is 0 Å². The molecule has 1 atom stereocenters. The number of piperazine rings is 1. The molecule has 0 spiro atoms.